The molecular weight excluding hydrogens is 263 g/mol. The molecule has 1 fully saturated rings. The van der Waals surface area contributed by atoms with E-state index in [9.17, 15) is 28.1 Å². The first-order chi connectivity index (χ1) is 8.90. The third-order valence-electron chi connectivity index (χ3n) is 3.34. The van der Waals surface area contributed by atoms with E-state index >= 15 is 0 Å². The number of halogens is 3. The Labute approximate surface area is 106 Å². The number of hydrogen-bond acceptors (Lipinski definition) is 3. The van der Waals surface area contributed by atoms with Crippen LogP contribution >= 0.6 is 0 Å². The van der Waals surface area contributed by atoms with Crippen molar-refractivity contribution in [3.8, 4) is 0 Å². The number of nitro groups is 1. The molecule has 2 unspecified atom stereocenters. The smallest absolute Gasteiger partial charge is 0.220 e. The second-order valence-corrected chi connectivity index (χ2v) is 4.53. The molecule has 102 valence electrons. The normalized spacial score (nSPS) is 23.4. The molecule has 1 saturated carbocycles. The monoisotopic (exact) mass is 273 g/mol. The first-order valence-electron chi connectivity index (χ1n) is 5.69. The molecule has 2 atom stereocenters. The van der Waals surface area contributed by atoms with E-state index in [1.165, 1.54) is 0 Å². The molecule has 0 aliphatic heterocycles. The highest BCUT2D eigenvalue weighted by molar-refractivity contribution is 5.80. The summed E-state index contributed by atoms with van der Waals surface area (Å²) >= 11 is 0. The molecule has 19 heavy (non-hydrogen) atoms. The summed E-state index contributed by atoms with van der Waals surface area (Å²) < 4.78 is 39.6. The van der Waals surface area contributed by atoms with Crippen LogP contribution in [0, 0.1) is 27.6 Å². The van der Waals surface area contributed by atoms with Gasteiger partial charge in [-0.3, -0.25) is 14.9 Å². The van der Waals surface area contributed by atoms with E-state index in [-0.39, 0.29) is 30.6 Å². The molecule has 1 aliphatic rings. The van der Waals surface area contributed by atoms with Crippen molar-refractivity contribution in [1.29, 1.82) is 0 Å². The molecule has 0 N–H and O–H groups in total. The third kappa shape index (κ3) is 2.59. The summed E-state index contributed by atoms with van der Waals surface area (Å²) in [6.07, 6.45) is -0.198. The van der Waals surface area contributed by atoms with Gasteiger partial charge in [-0.25, -0.2) is 13.2 Å². The molecule has 2 rings (SSSR count). The van der Waals surface area contributed by atoms with Crippen LogP contribution in [0.15, 0.2) is 12.1 Å². The summed E-state index contributed by atoms with van der Waals surface area (Å²) in [7, 11) is 0. The van der Waals surface area contributed by atoms with E-state index in [4.69, 9.17) is 0 Å². The van der Waals surface area contributed by atoms with Gasteiger partial charge in [-0.15, -0.1) is 0 Å². The number of benzene rings is 1. The Morgan fingerprint density at radius 3 is 2.42 bits per heavy atom. The van der Waals surface area contributed by atoms with Crippen molar-refractivity contribution in [3.05, 3.63) is 45.3 Å². The zero-order valence-electron chi connectivity index (χ0n) is 9.74. The molecule has 0 heterocycles. The number of rotatable bonds is 2. The van der Waals surface area contributed by atoms with E-state index in [1.54, 1.807) is 0 Å². The van der Waals surface area contributed by atoms with Crippen LogP contribution in [0.2, 0.25) is 0 Å². The molecule has 4 nitrogen and oxygen atoms in total. The number of ketones is 1. The van der Waals surface area contributed by atoms with Crippen molar-refractivity contribution in [2.24, 2.45) is 0 Å². The Morgan fingerprint density at radius 1 is 1.16 bits per heavy atom. The van der Waals surface area contributed by atoms with Gasteiger partial charge in [-0.2, -0.15) is 0 Å². The van der Waals surface area contributed by atoms with Crippen molar-refractivity contribution < 1.29 is 22.9 Å². The molecule has 1 aromatic rings. The molecule has 0 spiro atoms. The summed E-state index contributed by atoms with van der Waals surface area (Å²) in [4.78, 5) is 21.7. The molecule has 0 radical (unpaired) electrons. The van der Waals surface area contributed by atoms with E-state index in [0.29, 0.717) is 12.1 Å². The van der Waals surface area contributed by atoms with Crippen molar-refractivity contribution in [3.63, 3.8) is 0 Å². The van der Waals surface area contributed by atoms with Crippen molar-refractivity contribution >= 4 is 5.78 Å². The number of carbonyl (C=O) groups is 1. The topological polar surface area (TPSA) is 60.2 Å². The third-order valence-corrected chi connectivity index (χ3v) is 3.34. The van der Waals surface area contributed by atoms with Gasteiger partial charge in [0.2, 0.25) is 6.04 Å². The lowest BCUT2D eigenvalue weighted by molar-refractivity contribution is -0.528. The lowest BCUT2D eigenvalue weighted by Gasteiger charge is -2.25. The molecule has 1 aliphatic carbocycles. The maximum atomic E-state index is 13.6. The van der Waals surface area contributed by atoms with Crippen LogP contribution in [0.1, 0.15) is 30.7 Å². The van der Waals surface area contributed by atoms with Gasteiger partial charge in [0.15, 0.2) is 11.6 Å². The second-order valence-electron chi connectivity index (χ2n) is 4.53. The van der Waals surface area contributed by atoms with Crippen molar-refractivity contribution in [2.75, 3.05) is 0 Å². The maximum Gasteiger partial charge on any atom is 0.220 e. The van der Waals surface area contributed by atoms with Crippen LogP contribution in [0.25, 0.3) is 0 Å². The SMILES string of the molecule is O=C1CCC([N+](=O)[O-])C(c2cc(F)c(F)cc2F)C1. The quantitative estimate of drug-likeness (QED) is 0.472. The number of hydrogen-bond donors (Lipinski definition) is 0. The predicted molar refractivity (Wildman–Crippen MR) is 58.7 cm³/mol. The van der Waals surface area contributed by atoms with E-state index < -0.39 is 34.3 Å². The van der Waals surface area contributed by atoms with Gasteiger partial charge in [0, 0.05) is 35.8 Å². The van der Waals surface area contributed by atoms with Gasteiger partial charge in [-0.1, -0.05) is 0 Å². The Hall–Kier alpha value is -1.92. The zero-order valence-corrected chi connectivity index (χ0v) is 9.74. The first-order valence-corrected chi connectivity index (χ1v) is 5.69. The van der Waals surface area contributed by atoms with Crippen LogP contribution in [-0.4, -0.2) is 16.7 Å². The first kappa shape index (κ1) is 13.5. The highest BCUT2D eigenvalue weighted by Gasteiger charge is 2.40. The van der Waals surface area contributed by atoms with Gasteiger partial charge >= 0.3 is 0 Å². The lowest BCUT2D eigenvalue weighted by Crippen LogP contribution is -2.34. The van der Waals surface area contributed by atoms with Crippen LogP contribution in [0.3, 0.4) is 0 Å². The standard InChI is InChI=1S/C12H10F3NO3/c13-9-5-11(15)10(14)4-7(9)8-3-6(17)1-2-12(8)16(18)19/h4-5,8,12H,1-3H2. The summed E-state index contributed by atoms with van der Waals surface area (Å²) in [5.74, 6) is -5.00. The summed E-state index contributed by atoms with van der Waals surface area (Å²) in [6.45, 7) is 0. The van der Waals surface area contributed by atoms with Crippen LogP contribution in [0.4, 0.5) is 13.2 Å². The summed E-state index contributed by atoms with van der Waals surface area (Å²) in [5.41, 5.74) is -0.311. The molecular formula is C12H10F3NO3. The van der Waals surface area contributed by atoms with Crippen molar-refractivity contribution in [1.82, 2.24) is 0 Å². The number of nitrogens with zero attached hydrogens (tertiary/aromatic N) is 1. The molecule has 0 amide bonds. The Bertz CT molecular complexity index is 547. The number of Topliss-reactive ketones (excluding diaryl/α,β-unsaturated/α-hetero) is 1. The Kier molecular flexibility index (Phi) is 3.55. The highest BCUT2D eigenvalue weighted by Crippen LogP contribution is 2.35. The fourth-order valence-corrected chi connectivity index (χ4v) is 2.39. The van der Waals surface area contributed by atoms with Gasteiger partial charge < -0.3 is 0 Å². The second kappa shape index (κ2) is 4.99. The fraction of sp³-hybridized carbons (Fsp3) is 0.417. The van der Waals surface area contributed by atoms with Gasteiger partial charge in [0.25, 0.3) is 0 Å². The van der Waals surface area contributed by atoms with Crippen molar-refractivity contribution in [2.45, 2.75) is 31.2 Å². The minimum atomic E-state index is -1.36. The Balaban J connectivity index is 2.44. The average molecular weight is 273 g/mol. The molecule has 1 aromatic carbocycles. The van der Waals surface area contributed by atoms with E-state index in [0.717, 1.165) is 0 Å². The summed E-state index contributed by atoms with van der Waals surface area (Å²) in [5, 5.41) is 10.9. The lowest BCUT2D eigenvalue weighted by atomic mass is 9.79. The van der Waals surface area contributed by atoms with Gasteiger partial charge in [0.1, 0.15) is 11.6 Å². The van der Waals surface area contributed by atoms with Crippen LogP contribution in [0.5, 0.6) is 0 Å². The molecule has 0 aromatic heterocycles. The average Bonchev–Trinajstić information content (AvgIpc) is 2.33. The molecule has 0 saturated heterocycles. The van der Waals surface area contributed by atoms with Gasteiger partial charge in [-0.05, 0) is 6.07 Å². The minimum absolute atomic E-state index is 0.0189. The predicted octanol–water partition coefficient (Wildman–Crippen LogP) is 2.59. The van der Waals surface area contributed by atoms with Crippen LogP contribution in [-0.2, 0) is 4.79 Å². The Morgan fingerprint density at radius 2 is 1.79 bits per heavy atom. The molecule has 7 heteroatoms. The highest BCUT2D eigenvalue weighted by atomic mass is 19.2. The molecule has 0 bridgehead atoms. The zero-order chi connectivity index (χ0) is 14.2. The largest absolute Gasteiger partial charge is 0.300 e. The fourth-order valence-electron chi connectivity index (χ4n) is 2.39. The maximum absolute atomic E-state index is 13.6. The minimum Gasteiger partial charge on any atom is -0.300 e. The van der Waals surface area contributed by atoms with Crippen LogP contribution < -0.4 is 0 Å². The van der Waals surface area contributed by atoms with Gasteiger partial charge in [0.05, 0.1) is 5.92 Å². The van der Waals surface area contributed by atoms with E-state index in [1.807, 2.05) is 0 Å². The van der Waals surface area contributed by atoms with E-state index in [2.05, 4.69) is 0 Å². The number of carbonyl (C=O) groups excluding carboxylic acids is 1. The summed E-state index contributed by atoms with van der Waals surface area (Å²) in [6, 6.07) is -0.206.